The summed E-state index contributed by atoms with van der Waals surface area (Å²) in [7, 11) is 0. The first-order valence-corrected chi connectivity index (χ1v) is 8.37. The first-order valence-electron chi connectivity index (χ1n) is 8.37. The molecule has 0 bridgehead atoms. The van der Waals surface area contributed by atoms with E-state index in [2.05, 4.69) is 22.3 Å². The molecule has 1 saturated heterocycles. The normalized spacial score (nSPS) is 26.1. The SMILES string of the molecule is O=C(CN1CCC[C@@H]2CCCC[C@@H]21)NCc1ccccc1. The molecule has 114 valence electrons. The highest BCUT2D eigenvalue weighted by Gasteiger charge is 2.33. The predicted molar refractivity (Wildman–Crippen MR) is 84.8 cm³/mol. The van der Waals surface area contributed by atoms with Crippen molar-refractivity contribution in [2.45, 2.75) is 51.1 Å². The van der Waals surface area contributed by atoms with Crippen LogP contribution in [-0.4, -0.2) is 29.9 Å². The van der Waals surface area contributed by atoms with Crippen LogP contribution in [0, 0.1) is 5.92 Å². The Balaban J connectivity index is 1.49. The predicted octanol–water partition coefficient (Wildman–Crippen LogP) is 2.96. The van der Waals surface area contributed by atoms with E-state index in [1.54, 1.807) is 0 Å². The van der Waals surface area contributed by atoms with Crippen molar-refractivity contribution in [3.8, 4) is 0 Å². The minimum absolute atomic E-state index is 0.171. The fourth-order valence-corrected chi connectivity index (χ4v) is 3.96. The van der Waals surface area contributed by atoms with E-state index in [4.69, 9.17) is 0 Å². The summed E-state index contributed by atoms with van der Waals surface area (Å²) in [6, 6.07) is 10.8. The molecule has 3 rings (SSSR count). The van der Waals surface area contributed by atoms with Crippen molar-refractivity contribution < 1.29 is 4.79 Å². The lowest BCUT2D eigenvalue weighted by molar-refractivity contribution is -0.124. The molecule has 0 aromatic heterocycles. The lowest BCUT2D eigenvalue weighted by atomic mass is 9.78. The van der Waals surface area contributed by atoms with Crippen molar-refractivity contribution in [3.05, 3.63) is 35.9 Å². The highest BCUT2D eigenvalue weighted by atomic mass is 16.2. The maximum Gasteiger partial charge on any atom is 0.234 e. The fourth-order valence-electron chi connectivity index (χ4n) is 3.96. The smallest absolute Gasteiger partial charge is 0.234 e. The van der Waals surface area contributed by atoms with E-state index in [0.717, 1.165) is 12.5 Å². The van der Waals surface area contributed by atoms with Gasteiger partial charge in [0, 0.05) is 12.6 Å². The van der Waals surface area contributed by atoms with Gasteiger partial charge in [-0.25, -0.2) is 0 Å². The van der Waals surface area contributed by atoms with Gasteiger partial charge in [0.2, 0.25) is 5.91 Å². The third kappa shape index (κ3) is 3.85. The first-order chi connectivity index (χ1) is 10.3. The molecule has 1 N–H and O–H groups in total. The van der Waals surface area contributed by atoms with Crippen molar-refractivity contribution >= 4 is 5.91 Å². The Kier molecular flexibility index (Phi) is 4.91. The molecular formula is C18H26N2O. The summed E-state index contributed by atoms with van der Waals surface area (Å²) in [6.45, 7) is 2.32. The number of benzene rings is 1. The molecule has 1 amide bonds. The van der Waals surface area contributed by atoms with Crippen LogP contribution in [0.3, 0.4) is 0 Å². The quantitative estimate of drug-likeness (QED) is 0.923. The Bertz CT molecular complexity index is 458. The van der Waals surface area contributed by atoms with Crippen molar-refractivity contribution in [1.29, 1.82) is 0 Å². The first kappa shape index (κ1) is 14.6. The van der Waals surface area contributed by atoms with E-state index >= 15 is 0 Å². The second kappa shape index (κ2) is 7.08. The number of nitrogens with one attached hydrogen (secondary N) is 1. The molecule has 1 heterocycles. The van der Waals surface area contributed by atoms with Crippen LogP contribution in [0.25, 0.3) is 0 Å². The van der Waals surface area contributed by atoms with E-state index in [-0.39, 0.29) is 5.91 Å². The number of hydrogen-bond acceptors (Lipinski definition) is 2. The zero-order valence-corrected chi connectivity index (χ0v) is 12.8. The third-order valence-corrected chi connectivity index (χ3v) is 5.04. The van der Waals surface area contributed by atoms with Gasteiger partial charge in [-0.15, -0.1) is 0 Å². The van der Waals surface area contributed by atoms with E-state index < -0.39 is 0 Å². The second-order valence-electron chi connectivity index (χ2n) is 6.49. The maximum atomic E-state index is 12.2. The lowest BCUT2D eigenvalue weighted by Gasteiger charge is -2.43. The minimum atomic E-state index is 0.171. The summed E-state index contributed by atoms with van der Waals surface area (Å²) >= 11 is 0. The minimum Gasteiger partial charge on any atom is -0.351 e. The highest BCUT2D eigenvalue weighted by Crippen LogP contribution is 2.34. The van der Waals surface area contributed by atoms with Gasteiger partial charge in [-0.1, -0.05) is 43.2 Å². The summed E-state index contributed by atoms with van der Waals surface area (Å²) in [4.78, 5) is 14.6. The highest BCUT2D eigenvalue weighted by molar-refractivity contribution is 5.78. The van der Waals surface area contributed by atoms with Crippen LogP contribution in [0.1, 0.15) is 44.1 Å². The largest absolute Gasteiger partial charge is 0.351 e. The van der Waals surface area contributed by atoms with Crippen LogP contribution in [0.2, 0.25) is 0 Å². The van der Waals surface area contributed by atoms with Crippen LogP contribution in [0.15, 0.2) is 30.3 Å². The van der Waals surface area contributed by atoms with Gasteiger partial charge in [0.15, 0.2) is 0 Å². The van der Waals surface area contributed by atoms with Crippen LogP contribution in [0.5, 0.6) is 0 Å². The topological polar surface area (TPSA) is 32.3 Å². The Hall–Kier alpha value is -1.35. The molecule has 1 aromatic rings. The number of hydrogen-bond donors (Lipinski definition) is 1. The van der Waals surface area contributed by atoms with Gasteiger partial charge in [0.25, 0.3) is 0 Å². The molecular weight excluding hydrogens is 260 g/mol. The standard InChI is InChI=1S/C18H26N2O/c21-18(19-13-15-7-2-1-3-8-15)14-20-12-6-10-16-9-4-5-11-17(16)20/h1-3,7-8,16-17H,4-6,9-14H2,(H,19,21)/t16-,17-/m0/s1. The van der Waals surface area contributed by atoms with Crippen molar-refractivity contribution in [3.63, 3.8) is 0 Å². The van der Waals surface area contributed by atoms with Crippen LogP contribution in [0.4, 0.5) is 0 Å². The number of amides is 1. The molecule has 21 heavy (non-hydrogen) atoms. The van der Waals surface area contributed by atoms with Crippen molar-refractivity contribution in [2.75, 3.05) is 13.1 Å². The van der Waals surface area contributed by atoms with Gasteiger partial charge in [-0.3, -0.25) is 9.69 Å². The molecule has 2 aliphatic rings. The van der Waals surface area contributed by atoms with Crippen molar-refractivity contribution in [1.82, 2.24) is 10.2 Å². The van der Waals surface area contributed by atoms with Gasteiger partial charge in [0.05, 0.1) is 6.54 Å². The number of rotatable bonds is 4. The molecule has 0 unspecified atom stereocenters. The van der Waals surface area contributed by atoms with Gasteiger partial charge < -0.3 is 5.32 Å². The van der Waals surface area contributed by atoms with E-state index in [9.17, 15) is 4.79 Å². The molecule has 1 saturated carbocycles. The second-order valence-corrected chi connectivity index (χ2v) is 6.49. The number of carbonyl (C=O) groups excluding carboxylic acids is 1. The van der Waals surface area contributed by atoms with E-state index in [1.807, 2.05) is 18.2 Å². The van der Waals surface area contributed by atoms with Gasteiger partial charge in [-0.2, -0.15) is 0 Å². The molecule has 0 spiro atoms. The van der Waals surface area contributed by atoms with Gasteiger partial charge >= 0.3 is 0 Å². The monoisotopic (exact) mass is 286 g/mol. The van der Waals surface area contributed by atoms with Crippen LogP contribution in [-0.2, 0) is 11.3 Å². The average molecular weight is 286 g/mol. The zero-order valence-electron chi connectivity index (χ0n) is 12.8. The lowest BCUT2D eigenvalue weighted by Crippen LogP contribution is -2.50. The number of carbonyl (C=O) groups is 1. The van der Waals surface area contributed by atoms with E-state index in [1.165, 1.54) is 44.1 Å². The third-order valence-electron chi connectivity index (χ3n) is 5.04. The summed E-state index contributed by atoms with van der Waals surface area (Å²) in [5.74, 6) is 1.01. The molecule has 3 heteroatoms. The Morgan fingerprint density at radius 2 is 1.86 bits per heavy atom. The number of piperidine rings is 1. The van der Waals surface area contributed by atoms with Crippen LogP contribution >= 0.6 is 0 Å². The number of nitrogens with zero attached hydrogens (tertiary/aromatic N) is 1. The molecule has 2 fully saturated rings. The molecule has 1 aliphatic carbocycles. The Morgan fingerprint density at radius 1 is 1.10 bits per heavy atom. The van der Waals surface area contributed by atoms with Crippen LogP contribution < -0.4 is 5.32 Å². The fraction of sp³-hybridized carbons (Fsp3) is 0.611. The molecule has 1 aliphatic heterocycles. The Morgan fingerprint density at radius 3 is 2.71 bits per heavy atom. The molecule has 1 aromatic carbocycles. The Labute approximate surface area is 127 Å². The van der Waals surface area contributed by atoms with Gasteiger partial charge in [0.1, 0.15) is 0 Å². The molecule has 0 radical (unpaired) electrons. The molecule has 3 nitrogen and oxygen atoms in total. The molecule has 2 atom stereocenters. The van der Waals surface area contributed by atoms with E-state index in [0.29, 0.717) is 19.1 Å². The summed E-state index contributed by atoms with van der Waals surface area (Å²) in [5.41, 5.74) is 1.17. The summed E-state index contributed by atoms with van der Waals surface area (Å²) in [6.07, 6.45) is 8.00. The summed E-state index contributed by atoms with van der Waals surface area (Å²) in [5, 5.41) is 3.06. The zero-order chi connectivity index (χ0) is 14.5. The summed E-state index contributed by atoms with van der Waals surface area (Å²) < 4.78 is 0. The van der Waals surface area contributed by atoms with Gasteiger partial charge in [-0.05, 0) is 43.7 Å². The number of fused-ring (bicyclic) bond motifs is 1. The number of likely N-dealkylation sites (tertiary alicyclic amines) is 1. The van der Waals surface area contributed by atoms with Crippen molar-refractivity contribution in [2.24, 2.45) is 5.92 Å². The average Bonchev–Trinajstić information content (AvgIpc) is 2.54. The maximum absolute atomic E-state index is 12.2.